The summed E-state index contributed by atoms with van der Waals surface area (Å²) in [5.41, 5.74) is 7.97. The summed E-state index contributed by atoms with van der Waals surface area (Å²) in [5.74, 6) is -2.77. The summed E-state index contributed by atoms with van der Waals surface area (Å²) < 4.78 is 26.8. The molecule has 3 N–H and O–H groups in total. The Kier molecular flexibility index (Phi) is 6.74. The number of halogens is 3. The smallest absolute Gasteiger partial charge is 0.251 e. The summed E-state index contributed by atoms with van der Waals surface area (Å²) in [4.78, 5) is 28.3. The van der Waals surface area contributed by atoms with Crippen LogP contribution in [-0.4, -0.2) is 35.6 Å². The number of carbonyl (C=O) groups excluding carboxylic acids is 2. The topological polar surface area (TPSA) is 75.4 Å². The number of nitrogens with one attached hydrogen (secondary N) is 1. The first-order chi connectivity index (χ1) is 15.2. The Morgan fingerprint density at radius 3 is 2.56 bits per heavy atom. The zero-order valence-electron chi connectivity index (χ0n) is 17.3. The van der Waals surface area contributed by atoms with Crippen LogP contribution in [0.5, 0.6) is 0 Å². The van der Waals surface area contributed by atoms with Crippen LogP contribution in [0.3, 0.4) is 0 Å². The number of anilines is 1. The van der Waals surface area contributed by atoms with Crippen molar-refractivity contribution in [2.75, 3.05) is 10.7 Å². The van der Waals surface area contributed by atoms with E-state index in [0.29, 0.717) is 28.6 Å². The monoisotopic (exact) mass is 479 g/mol. The van der Waals surface area contributed by atoms with Gasteiger partial charge in [0.05, 0.1) is 18.3 Å². The third kappa shape index (κ3) is 5.24. The number of carbonyl (C=O) groups is 2. The Morgan fingerprint density at radius 2 is 1.88 bits per heavy atom. The van der Waals surface area contributed by atoms with Crippen molar-refractivity contribution in [3.8, 4) is 0 Å². The number of fused-ring (bicyclic) bond motifs is 1. The van der Waals surface area contributed by atoms with Gasteiger partial charge in [-0.1, -0.05) is 23.7 Å². The normalized spacial score (nSPS) is 21.1. The molecule has 1 atom stereocenters. The number of amides is 2. The lowest BCUT2D eigenvalue weighted by atomic mass is 9.92. The molecule has 2 aromatic rings. The number of benzene rings is 2. The second-order valence-corrected chi connectivity index (χ2v) is 9.75. The molecule has 0 aromatic heterocycles. The van der Waals surface area contributed by atoms with Crippen molar-refractivity contribution in [1.82, 2.24) is 5.32 Å². The van der Waals surface area contributed by atoms with Crippen LogP contribution >= 0.6 is 23.4 Å². The van der Waals surface area contributed by atoms with Gasteiger partial charge in [-0.15, -0.1) is 11.8 Å². The minimum Gasteiger partial charge on any atom is -0.349 e. The van der Waals surface area contributed by atoms with Gasteiger partial charge >= 0.3 is 0 Å². The van der Waals surface area contributed by atoms with Crippen molar-refractivity contribution < 1.29 is 18.4 Å². The Balaban J connectivity index is 1.57. The van der Waals surface area contributed by atoms with E-state index in [1.54, 1.807) is 29.2 Å². The Morgan fingerprint density at radius 1 is 1.19 bits per heavy atom. The van der Waals surface area contributed by atoms with Crippen molar-refractivity contribution in [2.24, 2.45) is 5.73 Å². The highest BCUT2D eigenvalue weighted by atomic mass is 35.5. The number of rotatable bonds is 4. The largest absolute Gasteiger partial charge is 0.349 e. The lowest BCUT2D eigenvalue weighted by molar-refractivity contribution is -0.119. The summed E-state index contributed by atoms with van der Waals surface area (Å²) >= 11 is 7.45. The van der Waals surface area contributed by atoms with Crippen molar-refractivity contribution in [1.29, 1.82) is 0 Å². The maximum Gasteiger partial charge on any atom is 0.251 e. The molecule has 2 amide bonds. The summed E-state index contributed by atoms with van der Waals surface area (Å²) in [7, 11) is 0. The molecule has 1 aliphatic heterocycles. The van der Waals surface area contributed by atoms with E-state index in [1.807, 2.05) is 18.2 Å². The molecule has 0 radical (unpaired) electrons. The van der Waals surface area contributed by atoms with E-state index in [-0.39, 0.29) is 43.5 Å². The van der Waals surface area contributed by atoms with Crippen LogP contribution < -0.4 is 16.0 Å². The van der Waals surface area contributed by atoms with Gasteiger partial charge in [0.2, 0.25) is 11.8 Å². The Bertz CT molecular complexity index is 1010. The average molecular weight is 480 g/mol. The number of nitrogens with two attached hydrogens (primary N) is 1. The quantitative estimate of drug-likeness (QED) is 0.671. The van der Waals surface area contributed by atoms with Crippen LogP contribution in [0.25, 0.3) is 0 Å². The van der Waals surface area contributed by atoms with E-state index in [9.17, 15) is 18.4 Å². The van der Waals surface area contributed by atoms with Crippen LogP contribution in [0.2, 0.25) is 5.02 Å². The molecule has 9 heteroatoms. The fraction of sp³-hybridized carbons (Fsp3) is 0.391. The van der Waals surface area contributed by atoms with E-state index in [2.05, 4.69) is 5.32 Å². The minimum absolute atomic E-state index is 0.222. The molecule has 2 aromatic carbocycles. The predicted molar refractivity (Wildman–Crippen MR) is 122 cm³/mol. The first kappa shape index (κ1) is 23.0. The minimum atomic E-state index is -2.65. The number of nitrogens with zero attached hydrogens (tertiary/aromatic N) is 1. The number of hydrogen-bond acceptors (Lipinski definition) is 4. The molecule has 32 heavy (non-hydrogen) atoms. The lowest BCUT2D eigenvalue weighted by Crippen LogP contribution is -2.44. The molecule has 0 unspecified atom stereocenters. The molecule has 1 saturated carbocycles. The standard InChI is InChI=1S/C23H24ClF2N3O2S/c24-16-4-1-14(2-5-16)12-29-19-11-15(3-6-20(19)32-13-18(27)22(29)31)21(30)28-17-7-9-23(25,26)10-8-17/h1-6,11,17-18H,7-10,12-13,27H2,(H,28,30)/t18-/m0/s1. The van der Waals surface area contributed by atoms with E-state index in [1.165, 1.54) is 11.8 Å². The lowest BCUT2D eigenvalue weighted by Gasteiger charge is -2.29. The van der Waals surface area contributed by atoms with Crippen LogP contribution in [0.1, 0.15) is 41.6 Å². The van der Waals surface area contributed by atoms with Crippen molar-refractivity contribution in [3.63, 3.8) is 0 Å². The van der Waals surface area contributed by atoms with Crippen LogP contribution in [-0.2, 0) is 11.3 Å². The zero-order chi connectivity index (χ0) is 22.9. The van der Waals surface area contributed by atoms with E-state index < -0.39 is 12.0 Å². The second-order valence-electron chi connectivity index (χ2n) is 8.25. The van der Waals surface area contributed by atoms with Gasteiger partial charge in [0.15, 0.2) is 0 Å². The third-order valence-corrected chi connectivity index (χ3v) is 7.25. The SMILES string of the molecule is N[C@H]1CSc2ccc(C(=O)NC3CCC(F)(F)CC3)cc2N(Cc2ccc(Cl)cc2)C1=O. The molecule has 5 nitrogen and oxygen atoms in total. The Hall–Kier alpha value is -2.16. The van der Waals surface area contributed by atoms with E-state index >= 15 is 0 Å². The van der Waals surface area contributed by atoms with Gasteiger partial charge < -0.3 is 16.0 Å². The van der Waals surface area contributed by atoms with Gasteiger partial charge in [0.25, 0.3) is 5.91 Å². The summed E-state index contributed by atoms with van der Waals surface area (Å²) in [6.07, 6.45) is 0.0468. The third-order valence-electron chi connectivity index (χ3n) is 5.82. The highest BCUT2D eigenvalue weighted by Crippen LogP contribution is 2.36. The number of thioether (sulfide) groups is 1. The maximum absolute atomic E-state index is 13.4. The number of alkyl halides is 2. The van der Waals surface area contributed by atoms with Gasteiger partial charge in [0.1, 0.15) is 0 Å². The molecule has 4 rings (SSSR count). The van der Waals surface area contributed by atoms with Gasteiger partial charge in [-0.05, 0) is 48.7 Å². The molecule has 1 aliphatic carbocycles. The number of hydrogen-bond donors (Lipinski definition) is 2. The van der Waals surface area contributed by atoms with Crippen molar-refractivity contribution >= 4 is 40.9 Å². The first-order valence-electron chi connectivity index (χ1n) is 10.5. The molecular weight excluding hydrogens is 456 g/mol. The van der Waals surface area contributed by atoms with Gasteiger partial charge in [0, 0.05) is 40.1 Å². The van der Waals surface area contributed by atoms with Gasteiger partial charge in [-0.25, -0.2) is 8.78 Å². The van der Waals surface area contributed by atoms with Gasteiger partial charge in [-0.2, -0.15) is 0 Å². The molecule has 0 spiro atoms. The fourth-order valence-corrected chi connectivity index (χ4v) is 5.06. The van der Waals surface area contributed by atoms with Crippen LogP contribution in [0.4, 0.5) is 14.5 Å². The predicted octanol–water partition coefficient (Wildman–Crippen LogP) is 4.61. The van der Waals surface area contributed by atoms with Crippen LogP contribution in [0, 0.1) is 0 Å². The molecule has 1 fully saturated rings. The maximum atomic E-state index is 13.4. The highest BCUT2D eigenvalue weighted by molar-refractivity contribution is 7.99. The molecular formula is C23H24ClF2N3O2S. The van der Waals surface area contributed by atoms with E-state index in [4.69, 9.17) is 17.3 Å². The molecule has 0 saturated heterocycles. The summed E-state index contributed by atoms with van der Waals surface area (Å²) in [5, 5.41) is 3.46. The molecule has 2 aliphatic rings. The van der Waals surface area contributed by atoms with E-state index in [0.717, 1.165) is 10.5 Å². The fourth-order valence-electron chi connectivity index (χ4n) is 3.95. The Labute approximate surface area is 194 Å². The van der Waals surface area contributed by atoms with Crippen molar-refractivity contribution in [3.05, 3.63) is 58.6 Å². The molecule has 1 heterocycles. The zero-order valence-corrected chi connectivity index (χ0v) is 18.9. The van der Waals surface area contributed by atoms with Crippen molar-refractivity contribution in [2.45, 2.75) is 55.1 Å². The molecule has 0 bridgehead atoms. The first-order valence-corrected chi connectivity index (χ1v) is 11.9. The highest BCUT2D eigenvalue weighted by Gasteiger charge is 2.35. The van der Waals surface area contributed by atoms with Crippen LogP contribution in [0.15, 0.2) is 47.4 Å². The summed E-state index contributed by atoms with van der Waals surface area (Å²) in [6, 6.07) is 11.4. The molecule has 170 valence electrons. The summed E-state index contributed by atoms with van der Waals surface area (Å²) in [6.45, 7) is 0.292. The van der Waals surface area contributed by atoms with Gasteiger partial charge in [-0.3, -0.25) is 9.59 Å². The average Bonchev–Trinajstić information content (AvgIpc) is 2.88. The second kappa shape index (κ2) is 9.37.